The van der Waals surface area contributed by atoms with Crippen LogP contribution in [-0.2, 0) is 11.3 Å². The second-order valence-corrected chi connectivity index (χ2v) is 10.8. The van der Waals surface area contributed by atoms with Gasteiger partial charge < -0.3 is 14.8 Å². The number of carbonyl (C=O) groups excluding carboxylic acids is 2. The van der Waals surface area contributed by atoms with Gasteiger partial charge in [0.25, 0.3) is 5.91 Å². The Morgan fingerprint density at radius 1 is 1.06 bits per heavy atom. The molecule has 2 amide bonds. The van der Waals surface area contributed by atoms with Crippen LogP contribution in [0.2, 0.25) is 0 Å². The SMILES string of the molecule is C[C@@H]1CCCC[C@@H]1NC(=O)C1CCN(C(=O)c2cc3sccc3n2Cc2ccc(F)cc2)CC1. The molecule has 1 aliphatic carbocycles. The minimum Gasteiger partial charge on any atom is -0.353 e. The van der Waals surface area contributed by atoms with Crippen LogP contribution < -0.4 is 5.32 Å². The van der Waals surface area contributed by atoms with Crippen LogP contribution in [0.4, 0.5) is 4.39 Å². The summed E-state index contributed by atoms with van der Waals surface area (Å²) in [5, 5.41) is 5.32. The molecular formula is C27H32FN3O2S. The van der Waals surface area contributed by atoms with E-state index in [1.807, 2.05) is 27.0 Å². The van der Waals surface area contributed by atoms with Crippen molar-refractivity contribution in [1.82, 2.24) is 14.8 Å². The second-order valence-electron chi connectivity index (χ2n) is 9.86. The van der Waals surface area contributed by atoms with E-state index in [0.717, 1.165) is 22.2 Å². The number of aromatic nitrogens is 1. The molecule has 2 aromatic heterocycles. The van der Waals surface area contributed by atoms with Gasteiger partial charge in [0.1, 0.15) is 11.5 Å². The van der Waals surface area contributed by atoms with Crippen LogP contribution in [0.15, 0.2) is 41.8 Å². The lowest BCUT2D eigenvalue weighted by Gasteiger charge is -2.34. The van der Waals surface area contributed by atoms with Gasteiger partial charge in [0.2, 0.25) is 5.91 Å². The second kappa shape index (κ2) is 9.90. The van der Waals surface area contributed by atoms with Crippen molar-refractivity contribution in [2.45, 2.75) is 58.0 Å². The predicted octanol–water partition coefficient (Wildman–Crippen LogP) is 5.44. The van der Waals surface area contributed by atoms with E-state index in [9.17, 15) is 14.0 Å². The highest BCUT2D eigenvalue weighted by Crippen LogP contribution is 2.29. The number of halogens is 1. The van der Waals surface area contributed by atoms with Crippen LogP contribution in [0, 0.1) is 17.7 Å². The number of nitrogens with one attached hydrogen (secondary N) is 1. The lowest BCUT2D eigenvalue weighted by atomic mass is 9.85. The van der Waals surface area contributed by atoms with E-state index >= 15 is 0 Å². The molecule has 1 aliphatic heterocycles. The first kappa shape index (κ1) is 23.1. The highest BCUT2D eigenvalue weighted by atomic mass is 32.1. The highest BCUT2D eigenvalue weighted by molar-refractivity contribution is 7.17. The largest absolute Gasteiger partial charge is 0.353 e. The number of rotatable bonds is 5. The predicted molar refractivity (Wildman–Crippen MR) is 134 cm³/mol. The fraction of sp³-hybridized carbons (Fsp3) is 0.481. The third-order valence-electron chi connectivity index (χ3n) is 7.59. The van der Waals surface area contributed by atoms with Gasteiger partial charge >= 0.3 is 0 Å². The summed E-state index contributed by atoms with van der Waals surface area (Å²) in [4.78, 5) is 28.3. The van der Waals surface area contributed by atoms with E-state index < -0.39 is 0 Å². The molecule has 0 bridgehead atoms. The first-order valence-corrected chi connectivity index (χ1v) is 13.3. The molecule has 5 nitrogen and oxygen atoms in total. The number of nitrogens with zero attached hydrogens (tertiary/aromatic N) is 2. The summed E-state index contributed by atoms with van der Waals surface area (Å²) in [6.45, 7) is 3.93. The number of hydrogen-bond donors (Lipinski definition) is 1. The molecule has 0 unspecified atom stereocenters. The van der Waals surface area contributed by atoms with Crippen molar-refractivity contribution in [1.29, 1.82) is 0 Å². The van der Waals surface area contributed by atoms with Crippen LogP contribution in [0.3, 0.4) is 0 Å². The number of carbonyl (C=O) groups is 2. The molecule has 34 heavy (non-hydrogen) atoms. The van der Waals surface area contributed by atoms with Crippen molar-refractivity contribution in [3.8, 4) is 0 Å². The third-order valence-corrected chi connectivity index (χ3v) is 8.44. The molecule has 1 saturated carbocycles. The Morgan fingerprint density at radius 2 is 1.79 bits per heavy atom. The topological polar surface area (TPSA) is 54.3 Å². The average Bonchev–Trinajstić information content (AvgIpc) is 3.44. The molecule has 0 spiro atoms. The molecule has 5 rings (SSSR count). The molecule has 1 saturated heterocycles. The molecule has 1 aromatic carbocycles. The lowest BCUT2D eigenvalue weighted by Crippen LogP contribution is -2.47. The minimum absolute atomic E-state index is 0.00488. The van der Waals surface area contributed by atoms with E-state index in [1.165, 1.54) is 31.4 Å². The van der Waals surface area contributed by atoms with E-state index in [1.54, 1.807) is 23.5 Å². The first-order valence-electron chi connectivity index (χ1n) is 12.4. The summed E-state index contributed by atoms with van der Waals surface area (Å²) >= 11 is 1.62. The zero-order valence-electron chi connectivity index (χ0n) is 19.6. The molecule has 180 valence electrons. The Morgan fingerprint density at radius 3 is 2.53 bits per heavy atom. The summed E-state index contributed by atoms with van der Waals surface area (Å²) in [5.41, 5.74) is 2.63. The maximum atomic E-state index is 13.5. The fourth-order valence-corrected chi connectivity index (χ4v) is 6.26. The van der Waals surface area contributed by atoms with Crippen LogP contribution in [0.25, 0.3) is 10.2 Å². The Hall–Kier alpha value is -2.67. The molecule has 2 atom stereocenters. The molecular weight excluding hydrogens is 449 g/mol. The normalized spacial score (nSPS) is 21.6. The highest BCUT2D eigenvalue weighted by Gasteiger charge is 2.31. The summed E-state index contributed by atoms with van der Waals surface area (Å²) in [5.74, 6) is 0.421. The molecule has 3 aromatic rings. The maximum Gasteiger partial charge on any atom is 0.270 e. The van der Waals surface area contributed by atoms with Crippen LogP contribution in [0.5, 0.6) is 0 Å². The van der Waals surface area contributed by atoms with E-state index in [2.05, 4.69) is 12.2 Å². The Bertz CT molecular complexity index is 1160. The maximum absolute atomic E-state index is 13.5. The number of amides is 2. The lowest BCUT2D eigenvalue weighted by molar-refractivity contribution is -0.127. The molecule has 3 heterocycles. The van der Waals surface area contributed by atoms with Crippen molar-refractivity contribution in [2.75, 3.05) is 13.1 Å². The third kappa shape index (κ3) is 4.76. The molecule has 2 fully saturated rings. The monoisotopic (exact) mass is 481 g/mol. The Labute approximate surface area is 203 Å². The molecule has 1 N–H and O–H groups in total. The van der Waals surface area contributed by atoms with Crippen molar-refractivity contribution < 1.29 is 14.0 Å². The number of thiophene rings is 1. The van der Waals surface area contributed by atoms with Crippen LogP contribution >= 0.6 is 11.3 Å². The van der Waals surface area contributed by atoms with Gasteiger partial charge in [-0.2, -0.15) is 0 Å². The summed E-state index contributed by atoms with van der Waals surface area (Å²) in [6, 6.07) is 10.7. The number of piperidine rings is 1. The number of fused-ring (bicyclic) bond motifs is 1. The van der Waals surface area contributed by atoms with Gasteiger partial charge in [-0.25, -0.2) is 4.39 Å². The number of benzene rings is 1. The summed E-state index contributed by atoms with van der Waals surface area (Å²) in [6.07, 6.45) is 6.11. The Kier molecular flexibility index (Phi) is 6.73. The van der Waals surface area contributed by atoms with Gasteiger partial charge in [-0.05, 0) is 66.8 Å². The summed E-state index contributed by atoms with van der Waals surface area (Å²) in [7, 11) is 0. The minimum atomic E-state index is -0.266. The van der Waals surface area contributed by atoms with Gasteiger partial charge in [-0.1, -0.05) is 31.9 Å². The van der Waals surface area contributed by atoms with Gasteiger partial charge in [-0.3, -0.25) is 9.59 Å². The van der Waals surface area contributed by atoms with E-state index in [-0.39, 0.29) is 23.5 Å². The van der Waals surface area contributed by atoms with Gasteiger partial charge in [-0.15, -0.1) is 11.3 Å². The van der Waals surface area contributed by atoms with Crippen LogP contribution in [-0.4, -0.2) is 40.4 Å². The van der Waals surface area contributed by atoms with Crippen LogP contribution in [0.1, 0.15) is 61.5 Å². The summed E-state index contributed by atoms with van der Waals surface area (Å²) < 4.78 is 16.5. The van der Waals surface area contributed by atoms with E-state index in [4.69, 9.17) is 0 Å². The molecule has 0 radical (unpaired) electrons. The number of hydrogen-bond acceptors (Lipinski definition) is 3. The zero-order valence-corrected chi connectivity index (χ0v) is 20.5. The fourth-order valence-electron chi connectivity index (χ4n) is 5.44. The van der Waals surface area contributed by atoms with Crippen molar-refractivity contribution in [3.05, 3.63) is 58.9 Å². The van der Waals surface area contributed by atoms with Crippen molar-refractivity contribution in [3.63, 3.8) is 0 Å². The van der Waals surface area contributed by atoms with Crippen molar-refractivity contribution >= 4 is 33.4 Å². The van der Waals surface area contributed by atoms with E-state index in [0.29, 0.717) is 50.1 Å². The van der Waals surface area contributed by atoms with Gasteiger partial charge in [0.05, 0.1) is 10.2 Å². The quantitative estimate of drug-likeness (QED) is 0.528. The van der Waals surface area contributed by atoms with Crippen molar-refractivity contribution in [2.24, 2.45) is 11.8 Å². The standard InChI is InChI=1S/C27H32FN3O2S/c1-18-4-2-3-5-22(18)29-26(32)20-10-13-30(14-11-20)27(33)24-16-25-23(12-15-34-25)31(24)17-19-6-8-21(28)9-7-19/h6-9,12,15-16,18,20,22H,2-5,10-11,13-14,17H2,1H3,(H,29,32)/t18-,22+/m1/s1. The first-order chi connectivity index (χ1) is 16.5. The zero-order chi connectivity index (χ0) is 23.7. The molecule has 7 heteroatoms. The van der Waals surface area contributed by atoms with Gasteiger partial charge in [0.15, 0.2) is 0 Å². The number of likely N-dealkylation sites (tertiary alicyclic amines) is 1. The smallest absolute Gasteiger partial charge is 0.270 e. The Balaban J connectivity index is 1.26. The average molecular weight is 482 g/mol. The molecule has 2 aliphatic rings. The van der Waals surface area contributed by atoms with Gasteiger partial charge in [0, 0.05) is 31.6 Å².